The predicted octanol–water partition coefficient (Wildman–Crippen LogP) is 1.79. The molecule has 14 heavy (non-hydrogen) atoms. The third-order valence-corrected chi connectivity index (χ3v) is 2.34. The Kier molecular flexibility index (Phi) is 4.98. The van der Waals surface area contributed by atoms with Crippen LogP contribution in [-0.4, -0.2) is 22.2 Å². The summed E-state index contributed by atoms with van der Waals surface area (Å²) in [6.07, 6.45) is 0.996. The van der Waals surface area contributed by atoms with Crippen molar-refractivity contribution in [2.75, 3.05) is 12.4 Å². The minimum Gasteiger partial charge on any atom is -0.310 e. The Labute approximate surface area is 90.4 Å². The van der Waals surface area contributed by atoms with Gasteiger partial charge < -0.3 is 5.32 Å². The fourth-order valence-electron chi connectivity index (χ4n) is 1.39. The monoisotopic (exact) mass is 215 g/mol. The third kappa shape index (κ3) is 3.00. The number of hydrogen-bond acceptors (Lipinski definition) is 2. The highest BCUT2D eigenvalue weighted by Crippen LogP contribution is 2.05. The van der Waals surface area contributed by atoms with Crippen molar-refractivity contribution in [3.63, 3.8) is 0 Å². The van der Waals surface area contributed by atoms with Crippen LogP contribution in [0.15, 0.2) is 6.07 Å². The maximum absolute atomic E-state index is 5.59. The molecule has 1 aromatic heterocycles. The van der Waals surface area contributed by atoms with Crippen molar-refractivity contribution in [1.82, 2.24) is 15.1 Å². The first-order chi connectivity index (χ1) is 6.81. The highest BCUT2D eigenvalue weighted by Gasteiger charge is 2.04. The van der Waals surface area contributed by atoms with Gasteiger partial charge in [0.2, 0.25) is 0 Å². The van der Waals surface area contributed by atoms with Crippen LogP contribution in [0.2, 0.25) is 0 Å². The van der Waals surface area contributed by atoms with Gasteiger partial charge in [-0.05, 0) is 19.4 Å². The number of hydrogen-bond donors (Lipinski definition) is 1. The minimum absolute atomic E-state index is 0.654. The van der Waals surface area contributed by atoms with Gasteiger partial charge >= 0.3 is 0 Å². The lowest BCUT2D eigenvalue weighted by molar-refractivity contribution is 0.586. The molecule has 0 unspecified atom stereocenters. The summed E-state index contributed by atoms with van der Waals surface area (Å²) in [6, 6.07) is 2.16. The molecule has 1 heterocycles. The van der Waals surface area contributed by atoms with E-state index in [1.807, 2.05) is 4.68 Å². The molecule has 3 nitrogen and oxygen atoms in total. The van der Waals surface area contributed by atoms with E-state index in [1.54, 1.807) is 0 Å². The maximum Gasteiger partial charge on any atom is 0.0625 e. The Bertz CT molecular complexity index is 270. The van der Waals surface area contributed by atoms with Crippen LogP contribution in [0.3, 0.4) is 0 Å². The fraction of sp³-hybridized carbons (Fsp3) is 0.700. The molecule has 0 aromatic carbocycles. The molecule has 0 saturated carbocycles. The highest BCUT2D eigenvalue weighted by molar-refractivity contribution is 6.18. The molecule has 1 aromatic rings. The molecule has 0 spiro atoms. The Morgan fingerprint density at radius 2 is 2.29 bits per heavy atom. The molecule has 0 aliphatic carbocycles. The molecular formula is C10H18ClN3. The second-order valence-corrected chi connectivity index (χ2v) is 3.54. The van der Waals surface area contributed by atoms with Crippen LogP contribution < -0.4 is 5.32 Å². The van der Waals surface area contributed by atoms with Crippen LogP contribution in [0.4, 0.5) is 0 Å². The number of nitrogens with one attached hydrogen (secondary N) is 1. The first-order valence-electron chi connectivity index (χ1n) is 5.14. The van der Waals surface area contributed by atoms with Gasteiger partial charge in [-0.2, -0.15) is 5.10 Å². The van der Waals surface area contributed by atoms with Crippen molar-refractivity contribution in [3.8, 4) is 0 Å². The largest absolute Gasteiger partial charge is 0.310 e. The predicted molar refractivity (Wildman–Crippen MR) is 59.7 cm³/mol. The van der Waals surface area contributed by atoms with Crippen LogP contribution in [0.1, 0.15) is 25.2 Å². The van der Waals surface area contributed by atoms with Crippen molar-refractivity contribution < 1.29 is 0 Å². The van der Waals surface area contributed by atoms with E-state index in [0.717, 1.165) is 31.7 Å². The number of rotatable bonds is 6. The lowest BCUT2D eigenvalue weighted by Gasteiger charge is -2.04. The van der Waals surface area contributed by atoms with Crippen molar-refractivity contribution in [2.24, 2.45) is 0 Å². The van der Waals surface area contributed by atoms with E-state index in [0.29, 0.717) is 5.88 Å². The van der Waals surface area contributed by atoms with Gasteiger partial charge in [0.05, 0.1) is 11.4 Å². The number of nitrogens with zero attached hydrogens (tertiary/aromatic N) is 2. The van der Waals surface area contributed by atoms with E-state index in [-0.39, 0.29) is 0 Å². The Balaban J connectivity index is 2.59. The second kappa shape index (κ2) is 6.04. The lowest BCUT2D eigenvalue weighted by atomic mass is 10.3. The fourth-order valence-corrected chi connectivity index (χ4v) is 1.52. The number of alkyl halides is 1. The summed E-state index contributed by atoms with van der Waals surface area (Å²) in [5.74, 6) is 0.654. The molecule has 0 amide bonds. The number of halogens is 1. The Morgan fingerprint density at radius 1 is 1.50 bits per heavy atom. The Morgan fingerprint density at radius 3 is 2.86 bits per heavy atom. The van der Waals surface area contributed by atoms with E-state index in [2.05, 4.69) is 30.3 Å². The summed E-state index contributed by atoms with van der Waals surface area (Å²) >= 11 is 5.59. The highest BCUT2D eigenvalue weighted by atomic mass is 35.5. The quantitative estimate of drug-likeness (QED) is 0.579. The molecule has 80 valence electrons. The molecule has 0 fully saturated rings. The zero-order chi connectivity index (χ0) is 10.4. The van der Waals surface area contributed by atoms with Gasteiger partial charge in [0.1, 0.15) is 0 Å². The average molecular weight is 216 g/mol. The molecule has 0 aliphatic heterocycles. The first kappa shape index (κ1) is 11.5. The van der Waals surface area contributed by atoms with Crippen LogP contribution in [-0.2, 0) is 19.5 Å². The molecule has 4 heteroatoms. The van der Waals surface area contributed by atoms with E-state index in [1.165, 1.54) is 5.69 Å². The van der Waals surface area contributed by atoms with Gasteiger partial charge in [-0.1, -0.05) is 6.92 Å². The second-order valence-electron chi connectivity index (χ2n) is 3.16. The first-order valence-corrected chi connectivity index (χ1v) is 5.67. The molecule has 0 radical (unpaired) electrons. The van der Waals surface area contributed by atoms with Gasteiger partial charge in [0.25, 0.3) is 0 Å². The average Bonchev–Trinajstić information content (AvgIpc) is 2.61. The molecule has 0 saturated heterocycles. The summed E-state index contributed by atoms with van der Waals surface area (Å²) in [7, 11) is 0. The van der Waals surface area contributed by atoms with Crippen LogP contribution in [0.5, 0.6) is 0 Å². The normalized spacial score (nSPS) is 10.8. The molecule has 0 bridgehead atoms. The zero-order valence-electron chi connectivity index (χ0n) is 8.89. The van der Waals surface area contributed by atoms with Gasteiger partial charge in [-0.25, -0.2) is 0 Å². The summed E-state index contributed by atoms with van der Waals surface area (Å²) in [4.78, 5) is 0. The third-order valence-electron chi connectivity index (χ3n) is 2.15. The molecule has 1 N–H and O–H groups in total. The van der Waals surface area contributed by atoms with Crippen molar-refractivity contribution in [3.05, 3.63) is 17.5 Å². The summed E-state index contributed by atoms with van der Waals surface area (Å²) in [6.45, 7) is 6.86. The topological polar surface area (TPSA) is 29.9 Å². The van der Waals surface area contributed by atoms with Gasteiger partial charge in [0, 0.05) is 25.5 Å². The van der Waals surface area contributed by atoms with E-state index >= 15 is 0 Å². The summed E-state index contributed by atoms with van der Waals surface area (Å²) in [5, 5.41) is 7.74. The van der Waals surface area contributed by atoms with E-state index < -0.39 is 0 Å². The number of aromatic nitrogens is 2. The molecular weight excluding hydrogens is 198 g/mol. The lowest BCUT2D eigenvalue weighted by Crippen LogP contribution is -2.18. The number of aryl methyl sites for hydroxylation is 2. The van der Waals surface area contributed by atoms with Crippen LogP contribution in [0.25, 0.3) is 0 Å². The van der Waals surface area contributed by atoms with Crippen LogP contribution >= 0.6 is 11.6 Å². The van der Waals surface area contributed by atoms with Gasteiger partial charge in [-0.3, -0.25) is 4.68 Å². The standard InChI is InChI=1S/C10H18ClN3/c1-3-9-7-10(8-12-6-5-11)14(4-2)13-9/h7,12H,3-6,8H2,1-2H3. The smallest absolute Gasteiger partial charge is 0.0625 e. The molecule has 1 rings (SSSR count). The van der Waals surface area contributed by atoms with Gasteiger partial charge in [-0.15, -0.1) is 11.6 Å². The van der Waals surface area contributed by atoms with Crippen molar-refractivity contribution in [1.29, 1.82) is 0 Å². The summed E-state index contributed by atoms with van der Waals surface area (Å²) < 4.78 is 2.04. The minimum atomic E-state index is 0.654. The SMILES string of the molecule is CCc1cc(CNCCCl)n(CC)n1. The molecule has 0 aliphatic rings. The van der Waals surface area contributed by atoms with E-state index in [9.17, 15) is 0 Å². The zero-order valence-corrected chi connectivity index (χ0v) is 9.64. The summed E-state index contributed by atoms with van der Waals surface area (Å²) in [5.41, 5.74) is 2.41. The van der Waals surface area contributed by atoms with Gasteiger partial charge in [0.15, 0.2) is 0 Å². The van der Waals surface area contributed by atoms with Crippen LogP contribution in [0, 0.1) is 0 Å². The van der Waals surface area contributed by atoms with Crippen molar-refractivity contribution in [2.45, 2.75) is 33.4 Å². The Hall–Kier alpha value is -0.540. The maximum atomic E-state index is 5.59. The molecule has 0 atom stereocenters. The van der Waals surface area contributed by atoms with E-state index in [4.69, 9.17) is 11.6 Å². The van der Waals surface area contributed by atoms with Crippen molar-refractivity contribution >= 4 is 11.6 Å².